The Morgan fingerprint density at radius 1 is 1.22 bits per heavy atom. The molecule has 0 aliphatic heterocycles. The van der Waals surface area contributed by atoms with Gasteiger partial charge in [0.15, 0.2) is 17.5 Å². The van der Waals surface area contributed by atoms with Crippen molar-refractivity contribution in [3.8, 4) is 0 Å². The molecular weight excluding hydrogens is 476 g/mol. The highest BCUT2D eigenvalue weighted by Crippen LogP contribution is 2.30. The number of hydroxylamine groups is 1. The van der Waals surface area contributed by atoms with E-state index in [2.05, 4.69) is 27.9 Å². The zero-order valence-corrected chi connectivity index (χ0v) is 16.9. The van der Waals surface area contributed by atoms with E-state index in [4.69, 9.17) is 4.84 Å². The van der Waals surface area contributed by atoms with Crippen LogP contribution in [-0.2, 0) is 4.84 Å². The zero-order chi connectivity index (χ0) is 20.4. The maximum Gasteiger partial charge on any atom is 0.277 e. The van der Waals surface area contributed by atoms with Gasteiger partial charge < -0.3 is 10.4 Å². The van der Waals surface area contributed by atoms with Crippen molar-refractivity contribution in [2.75, 3.05) is 11.9 Å². The summed E-state index contributed by atoms with van der Waals surface area (Å²) >= 11 is 2.10. The van der Waals surface area contributed by atoms with Gasteiger partial charge in [0.05, 0.1) is 16.9 Å². The molecule has 9 heteroatoms. The molecule has 0 unspecified atom stereocenters. The first-order valence-corrected chi connectivity index (χ1v) is 8.92. The van der Waals surface area contributed by atoms with Gasteiger partial charge in [0.25, 0.3) is 5.91 Å². The summed E-state index contributed by atoms with van der Waals surface area (Å²) in [6, 6.07) is 5.74. The third-order valence-electron chi connectivity index (χ3n) is 3.45. The molecular formula is C18H18F3IN2O3. The Balaban J connectivity index is 2.37. The lowest BCUT2D eigenvalue weighted by Crippen LogP contribution is -2.33. The van der Waals surface area contributed by atoms with Crippen molar-refractivity contribution in [2.24, 2.45) is 0 Å². The van der Waals surface area contributed by atoms with Gasteiger partial charge in [-0.25, -0.2) is 18.7 Å². The van der Waals surface area contributed by atoms with Gasteiger partial charge in [-0.05, 0) is 73.2 Å². The second-order valence-electron chi connectivity index (χ2n) is 6.53. The number of aliphatic hydroxyl groups is 1. The summed E-state index contributed by atoms with van der Waals surface area (Å²) in [5.41, 5.74) is 0.883. The number of carbonyl (C=O) groups is 1. The van der Waals surface area contributed by atoms with Gasteiger partial charge in [0.1, 0.15) is 6.61 Å². The highest BCUT2D eigenvalue weighted by atomic mass is 127. The summed E-state index contributed by atoms with van der Waals surface area (Å²) in [6.07, 6.45) is 0. The molecule has 0 spiro atoms. The predicted molar refractivity (Wildman–Crippen MR) is 103 cm³/mol. The molecule has 0 fully saturated rings. The van der Waals surface area contributed by atoms with Crippen LogP contribution in [-0.4, -0.2) is 23.2 Å². The van der Waals surface area contributed by atoms with E-state index in [0.717, 1.165) is 9.13 Å². The standard InChI is InChI=1S/C18H18F3IN2O3/c1-9-6-10(22)4-5-13(9)23-16-11(7-12(19)14(20)15(16)21)17(25)24-27-8-18(2,3)26/h4-7,23,26H,8H2,1-3H3,(H,24,25). The van der Waals surface area contributed by atoms with E-state index >= 15 is 0 Å². The monoisotopic (exact) mass is 494 g/mol. The first kappa shape index (κ1) is 21.5. The molecule has 5 nitrogen and oxygen atoms in total. The zero-order valence-electron chi connectivity index (χ0n) is 14.8. The highest BCUT2D eigenvalue weighted by molar-refractivity contribution is 14.1. The maximum absolute atomic E-state index is 14.4. The van der Waals surface area contributed by atoms with Gasteiger partial charge >= 0.3 is 0 Å². The number of hydrogen-bond acceptors (Lipinski definition) is 4. The second-order valence-corrected chi connectivity index (χ2v) is 7.77. The number of anilines is 2. The summed E-state index contributed by atoms with van der Waals surface area (Å²) < 4.78 is 42.7. The highest BCUT2D eigenvalue weighted by Gasteiger charge is 2.24. The van der Waals surface area contributed by atoms with Gasteiger partial charge in [-0.15, -0.1) is 0 Å². The Kier molecular flexibility index (Phi) is 6.71. The van der Waals surface area contributed by atoms with Crippen LogP contribution in [0, 0.1) is 27.9 Å². The first-order chi connectivity index (χ1) is 12.5. The number of rotatable bonds is 6. The number of nitrogens with one attached hydrogen (secondary N) is 2. The molecule has 1 amide bonds. The number of carbonyl (C=O) groups excluding carboxylic acids is 1. The quantitative estimate of drug-likeness (QED) is 0.320. The molecule has 2 aromatic carbocycles. The van der Waals surface area contributed by atoms with Crippen LogP contribution in [0.25, 0.3) is 0 Å². The van der Waals surface area contributed by atoms with Crippen LogP contribution in [0.15, 0.2) is 24.3 Å². The minimum Gasteiger partial charge on any atom is -0.388 e. The summed E-state index contributed by atoms with van der Waals surface area (Å²) in [5, 5.41) is 12.2. The molecule has 0 bridgehead atoms. The lowest BCUT2D eigenvalue weighted by atomic mass is 10.1. The minimum absolute atomic E-state index is 0.260. The molecule has 3 N–H and O–H groups in total. The summed E-state index contributed by atoms with van der Waals surface area (Å²) in [5.74, 6) is -5.73. The van der Waals surface area contributed by atoms with Crippen LogP contribution >= 0.6 is 22.6 Å². The molecule has 0 heterocycles. The topological polar surface area (TPSA) is 70.6 Å². The molecule has 2 rings (SSSR count). The number of aryl methyl sites for hydroxylation is 1. The summed E-state index contributed by atoms with van der Waals surface area (Å²) in [6.45, 7) is 4.38. The van der Waals surface area contributed by atoms with E-state index in [-0.39, 0.29) is 6.61 Å². The van der Waals surface area contributed by atoms with E-state index < -0.39 is 40.2 Å². The van der Waals surface area contributed by atoms with Gasteiger partial charge in [-0.2, -0.15) is 0 Å². The number of halogens is 4. The lowest BCUT2D eigenvalue weighted by molar-refractivity contribution is -0.0522. The molecule has 0 atom stereocenters. The smallest absolute Gasteiger partial charge is 0.277 e. The third-order valence-corrected chi connectivity index (χ3v) is 4.12. The van der Waals surface area contributed by atoms with E-state index in [9.17, 15) is 23.1 Å². The van der Waals surface area contributed by atoms with Gasteiger partial charge in [-0.1, -0.05) is 0 Å². The molecule has 0 radical (unpaired) electrons. The van der Waals surface area contributed by atoms with Crippen LogP contribution in [0.5, 0.6) is 0 Å². The minimum atomic E-state index is -1.70. The van der Waals surface area contributed by atoms with E-state index in [1.54, 1.807) is 25.1 Å². The molecule has 0 saturated heterocycles. The van der Waals surface area contributed by atoms with Crippen molar-refractivity contribution >= 4 is 39.9 Å². The van der Waals surface area contributed by atoms with E-state index in [1.165, 1.54) is 13.8 Å². The number of hydrogen-bond donors (Lipinski definition) is 3. The molecule has 0 aliphatic carbocycles. The molecule has 0 saturated carbocycles. The number of benzene rings is 2. The van der Waals surface area contributed by atoms with Crippen molar-refractivity contribution in [3.05, 3.63) is 56.4 Å². The SMILES string of the molecule is Cc1cc(I)ccc1Nc1c(C(=O)NOCC(C)(C)O)cc(F)c(F)c1F. The fourth-order valence-corrected chi connectivity index (χ4v) is 2.78. The van der Waals surface area contributed by atoms with Gasteiger partial charge in [-0.3, -0.25) is 9.63 Å². The van der Waals surface area contributed by atoms with Crippen LogP contribution in [0.3, 0.4) is 0 Å². The van der Waals surface area contributed by atoms with Crippen LogP contribution in [0.4, 0.5) is 24.5 Å². The maximum atomic E-state index is 14.4. The Hall–Kier alpha value is -1.85. The molecule has 0 aromatic heterocycles. The fourth-order valence-electron chi connectivity index (χ4n) is 2.13. The van der Waals surface area contributed by atoms with Crippen LogP contribution in [0.2, 0.25) is 0 Å². The van der Waals surface area contributed by atoms with Crippen molar-refractivity contribution in [1.29, 1.82) is 0 Å². The van der Waals surface area contributed by atoms with E-state index in [1.807, 2.05) is 5.48 Å². The molecule has 0 aliphatic rings. The van der Waals surface area contributed by atoms with Gasteiger partial charge in [0.2, 0.25) is 0 Å². The lowest BCUT2D eigenvalue weighted by Gasteiger charge is -2.18. The largest absolute Gasteiger partial charge is 0.388 e. The Morgan fingerprint density at radius 2 is 1.89 bits per heavy atom. The van der Waals surface area contributed by atoms with Crippen LogP contribution < -0.4 is 10.8 Å². The third kappa shape index (κ3) is 5.56. The summed E-state index contributed by atoms with van der Waals surface area (Å²) in [4.78, 5) is 17.1. The average molecular weight is 494 g/mol. The first-order valence-electron chi connectivity index (χ1n) is 7.85. The number of amides is 1. The van der Waals surface area contributed by atoms with Crippen molar-refractivity contribution in [3.63, 3.8) is 0 Å². The normalized spacial score (nSPS) is 11.4. The van der Waals surface area contributed by atoms with Crippen LogP contribution in [0.1, 0.15) is 29.8 Å². The molecule has 2 aromatic rings. The van der Waals surface area contributed by atoms with Crippen molar-refractivity contribution in [2.45, 2.75) is 26.4 Å². The fraction of sp³-hybridized carbons (Fsp3) is 0.278. The molecule has 27 heavy (non-hydrogen) atoms. The average Bonchev–Trinajstić information content (AvgIpc) is 2.55. The summed E-state index contributed by atoms with van der Waals surface area (Å²) in [7, 11) is 0. The Morgan fingerprint density at radius 3 is 2.48 bits per heavy atom. The predicted octanol–water partition coefficient (Wildman–Crippen LogP) is 4.19. The second kappa shape index (κ2) is 8.44. The van der Waals surface area contributed by atoms with Crippen molar-refractivity contribution in [1.82, 2.24) is 5.48 Å². The van der Waals surface area contributed by atoms with E-state index in [0.29, 0.717) is 11.8 Å². The Bertz CT molecular complexity index is 870. The van der Waals surface area contributed by atoms with Crippen molar-refractivity contribution < 1.29 is 27.9 Å². The molecule has 146 valence electrons. The van der Waals surface area contributed by atoms with Gasteiger partial charge in [0, 0.05) is 9.26 Å². The Labute approximate surface area is 168 Å².